The molecule has 3 nitrogen and oxygen atoms in total. The molecule has 1 aromatic carbocycles. The van der Waals surface area contributed by atoms with Crippen molar-refractivity contribution >= 4 is 16.6 Å². The lowest BCUT2D eigenvalue weighted by Crippen LogP contribution is -2.20. The Kier molecular flexibility index (Phi) is 3.65. The van der Waals surface area contributed by atoms with E-state index in [2.05, 4.69) is 16.4 Å². The molecule has 3 heteroatoms. The monoisotopic (exact) mass is 256 g/mol. The van der Waals surface area contributed by atoms with Gasteiger partial charge < -0.3 is 10.4 Å². The van der Waals surface area contributed by atoms with Gasteiger partial charge in [-0.2, -0.15) is 0 Å². The van der Waals surface area contributed by atoms with E-state index in [9.17, 15) is 5.11 Å². The van der Waals surface area contributed by atoms with Gasteiger partial charge in [-0.05, 0) is 36.8 Å². The SMILES string of the molecule is OCC1CCCC1CNc1ccnc2ccccc12. The number of benzene rings is 1. The van der Waals surface area contributed by atoms with Crippen LogP contribution in [0.25, 0.3) is 10.9 Å². The van der Waals surface area contributed by atoms with Gasteiger partial charge in [-0.3, -0.25) is 4.98 Å². The molecule has 1 fully saturated rings. The van der Waals surface area contributed by atoms with Gasteiger partial charge in [0.05, 0.1) is 5.52 Å². The molecule has 2 aromatic rings. The molecule has 0 saturated heterocycles. The molecule has 1 aromatic heterocycles. The Labute approximate surface area is 113 Å². The van der Waals surface area contributed by atoms with Gasteiger partial charge in [0, 0.05) is 30.4 Å². The Balaban J connectivity index is 1.75. The van der Waals surface area contributed by atoms with E-state index >= 15 is 0 Å². The molecule has 0 bridgehead atoms. The molecular formula is C16H20N2O. The Morgan fingerprint density at radius 3 is 2.89 bits per heavy atom. The van der Waals surface area contributed by atoms with E-state index in [-0.39, 0.29) is 0 Å². The lowest BCUT2D eigenvalue weighted by molar-refractivity contribution is 0.199. The van der Waals surface area contributed by atoms with E-state index in [1.807, 2.05) is 30.5 Å². The summed E-state index contributed by atoms with van der Waals surface area (Å²) < 4.78 is 0. The molecular weight excluding hydrogens is 236 g/mol. The third-order valence-electron chi connectivity index (χ3n) is 4.25. The smallest absolute Gasteiger partial charge is 0.0722 e. The van der Waals surface area contributed by atoms with Crippen LogP contribution in [-0.2, 0) is 0 Å². The minimum atomic E-state index is 0.323. The molecule has 3 rings (SSSR count). The third kappa shape index (κ3) is 2.56. The van der Waals surface area contributed by atoms with Gasteiger partial charge in [0.25, 0.3) is 0 Å². The van der Waals surface area contributed by atoms with Crippen molar-refractivity contribution < 1.29 is 5.11 Å². The van der Waals surface area contributed by atoms with Gasteiger partial charge in [0.2, 0.25) is 0 Å². The molecule has 2 atom stereocenters. The van der Waals surface area contributed by atoms with Gasteiger partial charge in [0.1, 0.15) is 0 Å². The lowest BCUT2D eigenvalue weighted by Gasteiger charge is -2.19. The number of anilines is 1. The third-order valence-corrected chi connectivity index (χ3v) is 4.25. The summed E-state index contributed by atoms with van der Waals surface area (Å²) in [5.74, 6) is 1.07. The van der Waals surface area contributed by atoms with Crippen molar-refractivity contribution in [2.45, 2.75) is 19.3 Å². The molecule has 0 radical (unpaired) electrons. The summed E-state index contributed by atoms with van der Waals surface area (Å²) in [4.78, 5) is 4.37. The van der Waals surface area contributed by atoms with E-state index < -0.39 is 0 Å². The average Bonchev–Trinajstić information content (AvgIpc) is 2.92. The predicted molar refractivity (Wildman–Crippen MR) is 78.1 cm³/mol. The van der Waals surface area contributed by atoms with Crippen molar-refractivity contribution in [1.29, 1.82) is 0 Å². The van der Waals surface area contributed by atoms with E-state index in [4.69, 9.17) is 0 Å². The Bertz CT molecular complexity index is 550. The summed E-state index contributed by atoms with van der Waals surface area (Å²) in [5.41, 5.74) is 2.17. The first-order valence-corrected chi connectivity index (χ1v) is 7.07. The summed E-state index contributed by atoms with van der Waals surface area (Å²) in [5, 5.41) is 14.1. The van der Waals surface area contributed by atoms with Crippen LogP contribution in [0, 0.1) is 11.8 Å². The van der Waals surface area contributed by atoms with E-state index in [1.165, 1.54) is 24.6 Å². The van der Waals surface area contributed by atoms with Crippen LogP contribution in [-0.4, -0.2) is 23.2 Å². The van der Waals surface area contributed by atoms with Crippen LogP contribution in [0.4, 0.5) is 5.69 Å². The number of aliphatic hydroxyl groups is 1. The predicted octanol–water partition coefficient (Wildman–Crippen LogP) is 3.06. The minimum absolute atomic E-state index is 0.323. The molecule has 100 valence electrons. The van der Waals surface area contributed by atoms with Crippen molar-refractivity contribution in [3.05, 3.63) is 36.5 Å². The maximum atomic E-state index is 9.37. The number of aromatic nitrogens is 1. The van der Waals surface area contributed by atoms with E-state index in [1.54, 1.807) is 0 Å². The molecule has 1 aliphatic rings. The molecule has 2 unspecified atom stereocenters. The normalized spacial score (nSPS) is 22.8. The van der Waals surface area contributed by atoms with Crippen molar-refractivity contribution in [3.8, 4) is 0 Å². The zero-order chi connectivity index (χ0) is 13.1. The van der Waals surface area contributed by atoms with Crippen LogP contribution in [0.2, 0.25) is 0 Å². The van der Waals surface area contributed by atoms with Crippen molar-refractivity contribution in [2.75, 3.05) is 18.5 Å². The van der Waals surface area contributed by atoms with Gasteiger partial charge in [-0.1, -0.05) is 24.6 Å². The molecule has 0 amide bonds. The zero-order valence-corrected chi connectivity index (χ0v) is 11.0. The Morgan fingerprint density at radius 1 is 1.16 bits per heavy atom. The van der Waals surface area contributed by atoms with Gasteiger partial charge >= 0.3 is 0 Å². The highest BCUT2D eigenvalue weighted by Crippen LogP contribution is 2.32. The fraction of sp³-hybridized carbons (Fsp3) is 0.438. The number of nitrogens with one attached hydrogen (secondary N) is 1. The maximum Gasteiger partial charge on any atom is 0.0722 e. The molecule has 19 heavy (non-hydrogen) atoms. The highest BCUT2D eigenvalue weighted by atomic mass is 16.3. The number of fused-ring (bicyclic) bond motifs is 1. The van der Waals surface area contributed by atoms with Crippen molar-refractivity contribution in [2.24, 2.45) is 11.8 Å². The molecule has 1 heterocycles. The summed E-state index contributed by atoms with van der Waals surface area (Å²) in [7, 11) is 0. The Morgan fingerprint density at radius 2 is 2.00 bits per heavy atom. The first kappa shape index (κ1) is 12.4. The number of nitrogens with zero attached hydrogens (tertiary/aromatic N) is 1. The van der Waals surface area contributed by atoms with Crippen LogP contribution in [0.3, 0.4) is 0 Å². The summed E-state index contributed by atoms with van der Waals surface area (Å²) in [6, 6.07) is 10.2. The lowest BCUT2D eigenvalue weighted by atomic mass is 9.97. The quantitative estimate of drug-likeness (QED) is 0.883. The second-order valence-electron chi connectivity index (χ2n) is 5.39. The van der Waals surface area contributed by atoms with Crippen LogP contribution in [0.5, 0.6) is 0 Å². The number of para-hydroxylation sites is 1. The summed E-state index contributed by atoms with van der Waals surface area (Å²) >= 11 is 0. The molecule has 1 saturated carbocycles. The summed E-state index contributed by atoms with van der Waals surface area (Å²) in [6.07, 6.45) is 5.48. The highest BCUT2D eigenvalue weighted by Gasteiger charge is 2.26. The van der Waals surface area contributed by atoms with Crippen molar-refractivity contribution in [3.63, 3.8) is 0 Å². The zero-order valence-electron chi connectivity index (χ0n) is 11.0. The molecule has 2 N–H and O–H groups in total. The minimum Gasteiger partial charge on any atom is -0.396 e. The highest BCUT2D eigenvalue weighted by molar-refractivity contribution is 5.90. The van der Waals surface area contributed by atoms with Crippen molar-refractivity contribution in [1.82, 2.24) is 4.98 Å². The van der Waals surface area contributed by atoms with E-state index in [0.717, 1.165) is 17.7 Å². The number of rotatable bonds is 4. The number of aliphatic hydroxyl groups excluding tert-OH is 1. The maximum absolute atomic E-state index is 9.37. The van der Waals surface area contributed by atoms with Gasteiger partial charge in [-0.25, -0.2) is 0 Å². The largest absolute Gasteiger partial charge is 0.396 e. The molecule has 0 spiro atoms. The first-order valence-electron chi connectivity index (χ1n) is 7.07. The average molecular weight is 256 g/mol. The Hall–Kier alpha value is -1.61. The van der Waals surface area contributed by atoms with Crippen LogP contribution in [0.1, 0.15) is 19.3 Å². The number of pyridine rings is 1. The van der Waals surface area contributed by atoms with Crippen LogP contribution in [0.15, 0.2) is 36.5 Å². The second kappa shape index (κ2) is 5.57. The van der Waals surface area contributed by atoms with Gasteiger partial charge in [0.15, 0.2) is 0 Å². The number of hydrogen-bond donors (Lipinski definition) is 2. The number of hydrogen-bond acceptors (Lipinski definition) is 3. The van der Waals surface area contributed by atoms with Crippen LogP contribution < -0.4 is 5.32 Å². The standard InChI is InChI=1S/C16H20N2O/c19-11-13-5-3-4-12(13)10-18-16-8-9-17-15-7-2-1-6-14(15)16/h1-2,6-9,12-13,19H,3-5,10-11H2,(H,17,18). The van der Waals surface area contributed by atoms with Crippen LogP contribution >= 0.6 is 0 Å². The second-order valence-corrected chi connectivity index (χ2v) is 5.39. The molecule has 0 aliphatic heterocycles. The van der Waals surface area contributed by atoms with E-state index in [0.29, 0.717) is 18.4 Å². The fourth-order valence-electron chi connectivity index (χ4n) is 3.11. The topological polar surface area (TPSA) is 45.1 Å². The first-order chi connectivity index (χ1) is 9.38. The summed E-state index contributed by atoms with van der Waals surface area (Å²) in [6.45, 7) is 1.27. The fourth-order valence-corrected chi connectivity index (χ4v) is 3.11. The van der Waals surface area contributed by atoms with Gasteiger partial charge in [-0.15, -0.1) is 0 Å². The molecule has 1 aliphatic carbocycles.